The van der Waals surface area contributed by atoms with Gasteiger partial charge in [0.2, 0.25) is 0 Å². The number of benzene rings is 1. The summed E-state index contributed by atoms with van der Waals surface area (Å²) < 4.78 is 2.32. The van der Waals surface area contributed by atoms with Gasteiger partial charge < -0.3 is 14.4 Å². The third kappa shape index (κ3) is 5.22. The van der Waals surface area contributed by atoms with Crippen LogP contribution in [0.2, 0.25) is 5.02 Å². The van der Waals surface area contributed by atoms with E-state index in [0.717, 1.165) is 75.7 Å². The van der Waals surface area contributed by atoms with Gasteiger partial charge in [-0.05, 0) is 75.3 Å². The summed E-state index contributed by atoms with van der Waals surface area (Å²) in [5.41, 5.74) is 2.54. The van der Waals surface area contributed by atoms with E-state index in [4.69, 9.17) is 11.6 Å². The lowest BCUT2D eigenvalue weighted by atomic mass is 9.90. The minimum Gasteiger partial charge on any atom is -0.325 e. The lowest BCUT2D eigenvalue weighted by molar-refractivity contribution is 0.0932. The van der Waals surface area contributed by atoms with Crippen molar-refractivity contribution >= 4 is 29.8 Å². The van der Waals surface area contributed by atoms with Crippen molar-refractivity contribution in [3.8, 4) is 5.69 Å². The van der Waals surface area contributed by atoms with Crippen molar-refractivity contribution in [3.05, 3.63) is 63.8 Å². The molecule has 35 heavy (non-hydrogen) atoms. The van der Waals surface area contributed by atoms with Gasteiger partial charge in [-0.2, -0.15) is 0 Å². The SMILES string of the molecule is CC(C)N1CCN(C(=O)N2CCC(c3cn(-c4ccc(Cl)cc4)c4/c3=C\C=C\CC\C=4)CC2)CC1. The van der Waals surface area contributed by atoms with E-state index < -0.39 is 0 Å². The van der Waals surface area contributed by atoms with E-state index in [1.165, 1.54) is 16.1 Å². The quantitative estimate of drug-likeness (QED) is 0.637. The lowest BCUT2D eigenvalue weighted by Crippen LogP contribution is -2.55. The molecule has 1 aliphatic carbocycles. The molecule has 5 rings (SSSR count). The van der Waals surface area contributed by atoms with E-state index in [-0.39, 0.29) is 6.03 Å². The predicted octanol–water partition coefficient (Wildman–Crippen LogP) is 4.37. The van der Waals surface area contributed by atoms with E-state index in [0.29, 0.717) is 12.0 Å². The molecule has 0 radical (unpaired) electrons. The monoisotopic (exact) mass is 492 g/mol. The molecule has 0 spiro atoms. The Morgan fingerprint density at radius 1 is 0.943 bits per heavy atom. The van der Waals surface area contributed by atoms with E-state index in [1.807, 2.05) is 12.1 Å². The average Bonchev–Trinajstić information content (AvgIpc) is 3.21. The van der Waals surface area contributed by atoms with Gasteiger partial charge in [0.25, 0.3) is 0 Å². The molecule has 0 N–H and O–H groups in total. The van der Waals surface area contributed by atoms with Gasteiger partial charge >= 0.3 is 6.03 Å². The van der Waals surface area contributed by atoms with Gasteiger partial charge in [0.1, 0.15) is 0 Å². The van der Waals surface area contributed by atoms with E-state index in [1.54, 1.807) is 0 Å². The third-order valence-corrected chi connectivity index (χ3v) is 8.06. The second kappa shape index (κ2) is 10.6. The van der Waals surface area contributed by atoms with Gasteiger partial charge in [-0.15, -0.1) is 0 Å². The molecule has 2 aromatic rings. The molecule has 5 nitrogen and oxygen atoms in total. The maximum absolute atomic E-state index is 13.2. The number of hydrogen-bond acceptors (Lipinski definition) is 2. The molecule has 0 bridgehead atoms. The van der Waals surface area contributed by atoms with Gasteiger partial charge in [0.15, 0.2) is 0 Å². The van der Waals surface area contributed by atoms with Crippen LogP contribution in [0.25, 0.3) is 17.8 Å². The Morgan fingerprint density at radius 2 is 1.63 bits per heavy atom. The fraction of sp³-hybridized carbons (Fsp3) is 0.483. The zero-order valence-electron chi connectivity index (χ0n) is 21.0. The van der Waals surface area contributed by atoms with Crippen molar-refractivity contribution < 1.29 is 4.79 Å². The van der Waals surface area contributed by atoms with Crippen LogP contribution in [-0.2, 0) is 0 Å². The van der Waals surface area contributed by atoms with Gasteiger partial charge in [-0.3, -0.25) is 4.90 Å². The summed E-state index contributed by atoms with van der Waals surface area (Å²) in [6.07, 6.45) is 15.5. The van der Waals surface area contributed by atoms with Crippen LogP contribution < -0.4 is 10.6 Å². The number of nitrogens with zero attached hydrogens (tertiary/aromatic N) is 4. The zero-order valence-corrected chi connectivity index (χ0v) is 21.8. The highest BCUT2D eigenvalue weighted by Crippen LogP contribution is 2.27. The predicted molar refractivity (Wildman–Crippen MR) is 145 cm³/mol. The molecular weight excluding hydrogens is 456 g/mol. The minimum absolute atomic E-state index is 0.226. The van der Waals surface area contributed by atoms with Crippen molar-refractivity contribution in [3.63, 3.8) is 0 Å². The summed E-state index contributed by atoms with van der Waals surface area (Å²) in [6.45, 7) is 9.75. The second-order valence-corrected chi connectivity index (χ2v) is 10.7. The number of allylic oxidation sites excluding steroid dienone is 2. The van der Waals surface area contributed by atoms with Crippen molar-refractivity contribution in [1.82, 2.24) is 19.3 Å². The molecule has 2 amide bonds. The lowest BCUT2D eigenvalue weighted by Gasteiger charge is -2.40. The van der Waals surface area contributed by atoms with Crippen molar-refractivity contribution in [1.29, 1.82) is 0 Å². The van der Waals surface area contributed by atoms with Crippen LogP contribution >= 0.6 is 11.6 Å². The van der Waals surface area contributed by atoms with Gasteiger partial charge in [0.05, 0.1) is 0 Å². The molecule has 186 valence electrons. The molecule has 6 heteroatoms. The number of rotatable bonds is 3. The Bertz CT molecular complexity index is 1180. The summed E-state index contributed by atoms with van der Waals surface area (Å²) in [4.78, 5) is 19.8. The molecule has 2 aliphatic heterocycles. The fourth-order valence-corrected chi connectivity index (χ4v) is 5.80. The molecule has 0 atom stereocenters. The van der Waals surface area contributed by atoms with E-state index in [9.17, 15) is 4.79 Å². The average molecular weight is 493 g/mol. The van der Waals surface area contributed by atoms with Gasteiger partial charge in [-0.1, -0.05) is 35.9 Å². The Hall–Kier alpha value is -2.50. The number of carbonyl (C=O) groups excluding carboxylic acids is 1. The molecule has 2 fully saturated rings. The maximum Gasteiger partial charge on any atom is 0.320 e. The molecule has 0 saturated carbocycles. The molecule has 2 saturated heterocycles. The van der Waals surface area contributed by atoms with Crippen LogP contribution in [0, 0.1) is 0 Å². The molecule has 3 aliphatic rings. The Kier molecular flexibility index (Phi) is 7.35. The first kappa shape index (κ1) is 24.2. The molecule has 3 heterocycles. The number of fused-ring (bicyclic) bond motifs is 1. The summed E-state index contributed by atoms with van der Waals surface area (Å²) in [5, 5.41) is 3.35. The number of aromatic nitrogens is 1. The number of likely N-dealkylation sites (tertiary alicyclic amines) is 1. The van der Waals surface area contributed by atoms with Gasteiger partial charge in [-0.25, -0.2) is 4.79 Å². The number of halogens is 1. The largest absolute Gasteiger partial charge is 0.325 e. The standard InChI is InChI=1S/C29H37ClN4O/c1-22(2)31-17-19-33(20-18-31)29(35)32-15-13-23(14-16-32)27-21-34(25-11-9-24(30)10-12-25)28-8-6-4-3-5-7-26(27)28/h3,5,7-12,21-23H,4,6,13-20H2,1-2H3/b5-3+,26-7-,28-8+. The Balaban J connectivity index is 1.34. The van der Waals surface area contributed by atoms with Crippen LogP contribution in [0.3, 0.4) is 0 Å². The first-order valence-corrected chi connectivity index (χ1v) is 13.5. The Morgan fingerprint density at radius 3 is 2.31 bits per heavy atom. The minimum atomic E-state index is 0.226. The number of carbonyl (C=O) groups is 1. The number of piperazine rings is 1. The van der Waals surface area contributed by atoms with E-state index >= 15 is 0 Å². The van der Waals surface area contributed by atoms with Crippen LogP contribution in [0.1, 0.15) is 51.0 Å². The summed E-state index contributed by atoms with van der Waals surface area (Å²) in [7, 11) is 0. The van der Waals surface area contributed by atoms with Crippen molar-refractivity contribution in [2.45, 2.75) is 51.5 Å². The fourth-order valence-electron chi connectivity index (χ4n) is 5.67. The number of hydrogen-bond donors (Lipinski definition) is 0. The number of urea groups is 1. The molecule has 0 unspecified atom stereocenters. The first-order valence-electron chi connectivity index (χ1n) is 13.1. The van der Waals surface area contributed by atoms with Gasteiger partial charge in [0, 0.05) is 72.8 Å². The molecule has 1 aromatic carbocycles. The smallest absolute Gasteiger partial charge is 0.320 e. The van der Waals surface area contributed by atoms with E-state index in [2.05, 4.69) is 75.7 Å². The highest BCUT2D eigenvalue weighted by Gasteiger charge is 2.30. The molecule has 1 aromatic heterocycles. The van der Waals surface area contributed by atoms with Crippen LogP contribution in [0.15, 0.2) is 42.6 Å². The number of amides is 2. The normalized spacial score (nSPS) is 22.5. The summed E-state index contributed by atoms with van der Waals surface area (Å²) in [5.74, 6) is 0.455. The van der Waals surface area contributed by atoms with Crippen LogP contribution in [0.5, 0.6) is 0 Å². The number of piperidine rings is 1. The highest BCUT2D eigenvalue weighted by molar-refractivity contribution is 6.30. The van der Waals surface area contributed by atoms with Crippen molar-refractivity contribution in [2.75, 3.05) is 39.3 Å². The first-order chi connectivity index (χ1) is 17.0. The van der Waals surface area contributed by atoms with Crippen LogP contribution in [0.4, 0.5) is 4.79 Å². The Labute approximate surface area is 213 Å². The summed E-state index contributed by atoms with van der Waals surface area (Å²) >= 11 is 6.16. The van der Waals surface area contributed by atoms with Crippen LogP contribution in [-0.4, -0.2) is 70.6 Å². The zero-order chi connectivity index (χ0) is 24.4. The second-order valence-electron chi connectivity index (χ2n) is 10.3. The third-order valence-electron chi connectivity index (χ3n) is 7.81. The summed E-state index contributed by atoms with van der Waals surface area (Å²) in [6, 6.07) is 8.88. The molecular formula is C29H37ClN4O. The van der Waals surface area contributed by atoms with Crippen molar-refractivity contribution in [2.24, 2.45) is 0 Å². The maximum atomic E-state index is 13.2. The topological polar surface area (TPSA) is 31.7 Å². The highest BCUT2D eigenvalue weighted by atomic mass is 35.5.